The van der Waals surface area contributed by atoms with Gasteiger partial charge in [-0.05, 0) is 31.5 Å². The van der Waals surface area contributed by atoms with E-state index in [9.17, 15) is 14.4 Å². The van der Waals surface area contributed by atoms with E-state index in [1.54, 1.807) is 31.2 Å². The number of para-hydroxylation sites is 1. The molecule has 8 heteroatoms. The Hall–Kier alpha value is -2.57. The summed E-state index contributed by atoms with van der Waals surface area (Å²) in [4.78, 5) is 37.1. The number of anilines is 1. The third-order valence-corrected chi connectivity index (χ3v) is 6.24. The largest absolute Gasteiger partial charge is 0.455 e. The van der Waals surface area contributed by atoms with Crippen LogP contribution in [0.4, 0.5) is 5.69 Å². The summed E-state index contributed by atoms with van der Waals surface area (Å²) in [5.41, 5.74) is 0.567. The molecule has 0 saturated heterocycles. The molecule has 1 saturated carbocycles. The Morgan fingerprint density at radius 3 is 2.30 bits per heavy atom. The molecule has 6 nitrogen and oxygen atoms in total. The van der Waals surface area contributed by atoms with Gasteiger partial charge in [-0.25, -0.2) is 0 Å². The summed E-state index contributed by atoms with van der Waals surface area (Å²) in [5.74, 6) is -1.54. The van der Waals surface area contributed by atoms with Gasteiger partial charge in [0, 0.05) is 6.42 Å². The number of hydrogen-bond donors (Lipinski definition) is 2. The van der Waals surface area contributed by atoms with Crippen molar-refractivity contribution in [1.82, 2.24) is 5.32 Å². The molecule has 2 aromatic rings. The van der Waals surface area contributed by atoms with E-state index in [2.05, 4.69) is 10.6 Å². The van der Waals surface area contributed by atoms with Crippen molar-refractivity contribution in [2.75, 3.05) is 11.9 Å². The number of benzene rings is 2. The van der Waals surface area contributed by atoms with Crippen molar-refractivity contribution in [1.29, 1.82) is 0 Å². The Morgan fingerprint density at radius 1 is 1.07 bits per heavy atom. The van der Waals surface area contributed by atoms with Crippen LogP contribution in [-0.4, -0.2) is 28.7 Å². The Morgan fingerprint density at radius 2 is 1.67 bits per heavy atom. The Labute approximate surface area is 184 Å². The lowest BCUT2D eigenvalue weighted by molar-refractivity contribution is -0.152. The van der Waals surface area contributed by atoms with Gasteiger partial charge >= 0.3 is 5.97 Å². The summed E-state index contributed by atoms with van der Waals surface area (Å²) in [5, 5.41) is 5.52. The summed E-state index contributed by atoms with van der Waals surface area (Å²) >= 11 is 11.9. The smallest absolute Gasteiger partial charge is 0.315 e. The van der Waals surface area contributed by atoms with Gasteiger partial charge in [0.15, 0.2) is 6.61 Å². The maximum absolute atomic E-state index is 12.7. The number of alkyl halides is 2. The van der Waals surface area contributed by atoms with Gasteiger partial charge in [-0.15, -0.1) is 23.2 Å². The van der Waals surface area contributed by atoms with Gasteiger partial charge in [-0.3, -0.25) is 14.4 Å². The first-order valence-corrected chi connectivity index (χ1v) is 10.2. The molecule has 0 aromatic heterocycles. The van der Waals surface area contributed by atoms with Crippen LogP contribution in [0.2, 0.25) is 0 Å². The molecule has 1 aliphatic rings. The van der Waals surface area contributed by atoms with Crippen LogP contribution < -0.4 is 10.6 Å². The second kappa shape index (κ2) is 8.66. The number of carbonyl (C=O) groups excluding carboxylic acids is 3. The van der Waals surface area contributed by atoms with Gasteiger partial charge in [-0.1, -0.05) is 42.5 Å². The third-order valence-electron chi connectivity index (χ3n) is 5.14. The molecule has 2 atom stereocenters. The van der Waals surface area contributed by atoms with E-state index < -0.39 is 28.2 Å². The first-order valence-electron chi connectivity index (χ1n) is 9.44. The minimum Gasteiger partial charge on any atom is -0.455 e. The highest BCUT2D eigenvalue weighted by Crippen LogP contribution is 2.64. The first kappa shape index (κ1) is 22.1. The van der Waals surface area contributed by atoms with E-state index in [1.165, 1.54) is 0 Å². The highest BCUT2D eigenvalue weighted by molar-refractivity contribution is 6.53. The molecule has 2 N–H and O–H groups in total. The monoisotopic (exact) mass is 448 g/mol. The first-order chi connectivity index (χ1) is 14.1. The van der Waals surface area contributed by atoms with Crippen molar-refractivity contribution in [2.45, 2.75) is 30.6 Å². The molecule has 0 spiro atoms. The quantitative estimate of drug-likeness (QED) is 0.489. The van der Waals surface area contributed by atoms with Crippen molar-refractivity contribution in [3.05, 3.63) is 65.7 Å². The van der Waals surface area contributed by atoms with Gasteiger partial charge < -0.3 is 15.4 Å². The van der Waals surface area contributed by atoms with Gasteiger partial charge in [0.25, 0.3) is 11.8 Å². The van der Waals surface area contributed by atoms with E-state index in [-0.39, 0.29) is 18.4 Å². The molecule has 0 radical (unpaired) electrons. The molecule has 1 aliphatic carbocycles. The standard InChI is InChI=1S/C22H22Cl2N2O4/c1-14(15-8-4-3-5-9-15)25-19(28)16-10-6-7-11-17(16)26-18(27)12-30-20(29)21(2)13-22(21,23)24/h3-11,14H,12-13H2,1-2H3,(H,25,28)(H,26,27)/t14-,21+/m0/s1. The predicted octanol–water partition coefficient (Wildman–Crippen LogP) is 4.24. The molecular formula is C22H22Cl2N2O4. The summed E-state index contributed by atoms with van der Waals surface area (Å²) in [7, 11) is 0. The highest BCUT2D eigenvalue weighted by Gasteiger charge is 2.69. The third kappa shape index (κ3) is 4.77. The van der Waals surface area contributed by atoms with Crippen LogP contribution in [-0.2, 0) is 14.3 Å². The van der Waals surface area contributed by atoms with Crippen LogP contribution in [0.5, 0.6) is 0 Å². The summed E-state index contributed by atoms with van der Waals surface area (Å²) in [6.45, 7) is 2.95. The number of rotatable bonds is 7. The zero-order valence-electron chi connectivity index (χ0n) is 16.6. The maximum Gasteiger partial charge on any atom is 0.315 e. The normalized spacial score (nSPS) is 20.0. The van der Waals surface area contributed by atoms with Crippen LogP contribution in [0.25, 0.3) is 0 Å². The molecule has 0 unspecified atom stereocenters. The van der Waals surface area contributed by atoms with E-state index in [0.29, 0.717) is 11.3 Å². The molecule has 0 bridgehead atoms. The fourth-order valence-electron chi connectivity index (χ4n) is 2.99. The Bertz CT molecular complexity index is 965. The molecular weight excluding hydrogens is 427 g/mol. The number of ether oxygens (including phenoxy) is 1. The van der Waals surface area contributed by atoms with E-state index in [4.69, 9.17) is 27.9 Å². The van der Waals surface area contributed by atoms with Crippen LogP contribution in [0, 0.1) is 5.41 Å². The van der Waals surface area contributed by atoms with E-state index in [0.717, 1.165) is 5.56 Å². The van der Waals surface area contributed by atoms with Crippen LogP contribution in [0.1, 0.15) is 42.2 Å². The SMILES string of the molecule is C[C@H](NC(=O)c1ccccc1NC(=O)COC(=O)[C@@]1(C)CC1(Cl)Cl)c1ccccc1. The molecule has 30 heavy (non-hydrogen) atoms. The molecule has 0 heterocycles. The number of amides is 2. The minimum absolute atomic E-state index is 0.214. The van der Waals surface area contributed by atoms with Gasteiger partial charge in [0.05, 0.1) is 17.3 Å². The fraction of sp³-hybridized carbons (Fsp3) is 0.318. The van der Waals surface area contributed by atoms with E-state index in [1.807, 2.05) is 37.3 Å². The minimum atomic E-state index is -1.17. The fourth-order valence-corrected chi connectivity index (χ4v) is 3.68. The van der Waals surface area contributed by atoms with Crippen molar-refractivity contribution < 1.29 is 19.1 Å². The topological polar surface area (TPSA) is 84.5 Å². The van der Waals surface area contributed by atoms with Crippen molar-refractivity contribution in [3.63, 3.8) is 0 Å². The second-order valence-electron chi connectivity index (χ2n) is 7.49. The predicted molar refractivity (Wildman–Crippen MR) is 116 cm³/mol. The average molecular weight is 449 g/mol. The lowest BCUT2D eigenvalue weighted by Crippen LogP contribution is -2.29. The van der Waals surface area contributed by atoms with Crippen LogP contribution >= 0.6 is 23.2 Å². The number of nitrogens with one attached hydrogen (secondary N) is 2. The second-order valence-corrected chi connectivity index (χ2v) is 8.97. The molecule has 1 fully saturated rings. The number of esters is 1. The lowest BCUT2D eigenvalue weighted by Gasteiger charge is -2.16. The Balaban J connectivity index is 1.60. The van der Waals surface area contributed by atoms with Gasteiger partial charge in [-0.2, -0.15) is 0 Å². The van der Waals surface area contributed by atoms with Gasteiger partial charge in [0.1, 0.15) is 9.75 Å². The summed E-state index contributed by atoms with van der Waals surface area (Å²) in [6.07, 6.45) is 0.270. The molecule has 2 aromatic carbocycles. The molecule has 158 valence electrons. The van der Waals surface area contributed by atoms with E-state index >= 15 is 0 Å². The van der Waals surface area contributed by atoms with Crippen LogP contribution in [0.3, 0.4) is 0 Å². The van der Waals surface area contributed by atoms with Crippen LogP contribution in [0.15, 0.2) is 54.6 Å². The lowest BCUT2D eigenvalue weighted by atomic mass is 10.1. The number of halogens is 2. The molecule has 3 rings (SSSR count). The highest BCUT2D eigenvalue weighted by atomic mass is 35.5. The molecule has 0 aliphatic heterocycles. The zero-order valence-corrected chi connectivity index (χ0v) is 18.1. The summed E-state index contributed by atoms with van der Waals surface area (Å²) < 4.78 is 3.87. The van der Waals surface area contributed by atoms with Crippen molar-refractivity contribution in [2.24, 2.45) is 5.41 Å². The Kier molecular flexibility index (Phi) is 6.38. The maximum atomic E-state index is 12.7. The average Bonchev–Trinajstić information content (AvgIpc) is 3.25. The molecule has 2 amide bonds. The summed E-state index contributed by atoms with van der Waals surface area (Å²) in [6, 6.07) is 15.9. The van der Waals surface area contributed by atoms with Gasteiger partial charge in [0.2, 0.25) is 0 Å². The number of carbonyl (C=O) groups is 3. The van der Waals surface area contributed by atoms with Crippen molar-refractivity contribution >= 4 is 46.7 Å². The number of hydrogen-bond acceptors (Lipinski definition) is 4. The van der Waals surface area contributed by atoms with Crippen molar-refractivity contribution in [3.8, 4) is 0 Å². The zero-order chi connectivity index (χ0) is 21.9.